The molecule has 0 radical (unpaired) electrons. The molecule has 1 aliphatic rings. The van der Waals surface area contributed by atoms with E-state index in [2.05, 4.69) is 5.32 Å². The van der Waals surface area contributed by atoms with Crippen LogP contribution in [0, 0.1) is 6.92 Å². The molecule has 0 bridgehead atoms. The second-order valence-electron chi connectivity index (χ2n) is 7.02. The van der Waals surface area contributed by atoms with Gasteiger partial charge in [-0.3, -0.25) is 9.10 Å². The van der Waals surface area contributed by atoms with Crippen molar-refractivity contribution >= 4 is 21.6 Å². The molecule has 0 fully saturated rings. The second kappa shape index (κ2) is 9.25. The monoisotopic (exact) mass is 434 g/mol. The second-order valence-corrected chi connectivity index (χ2v) is 8.88. The summed E-state index contributed by atoms with van der Waals surface area (Å²) in [4.78, 5) is 12.6. The minimum absolute atomic E-state index is 0.246. The predicted octanol–water partition coefficient (Wildman–Crippen LogP) is 2.12. The van der Waals surface area contributed by atoms with Gasteiger partial charge in [-0.15, -0.1) is 0 Å². The van der Waals surface area contributed by atoms with Crippen LogP contribution in [0.2, 0.25) is 0 Å². The number of anilines is 1. The number of rotatable bonds is 8. The lowest BCUT2D eigenvalue weighted by Gasteiger charge is -2.29. The fourth-order valence-electron chi connectivity index (χ4n) is 3.17. The summed E-state index contributed by atoms with van der Waals surface area (Å²) in [5, 5.41) is 2.73. The van der Waals surface area contributed by atoms with Crippen LogP contribution in [0.1, 0.15) is 12.5 Å². The summed E-state index contributed by atoms with van der Waals surface area (Å²) < 4.78 is 42.6. The van der Waals surface area contributed by atoms with Crippen molar-refractivity contribution in [1.29, 1.82) is 0 Å². The van der Waals surface area contributed by atoms with Gasteiger partial charge >= 0.3 is 0 Å². The van der Waals surface area contributed by atoms with Gasteiger partial charge in [-0.25, -0.2) is 8.42 Å². The Kier molecular flexibility index (Phi) is 6.71. The maximum Gasteiger partial charge on any atom is 0.243 e. The molecule has 30 heavy (non-hydrogen) atoms. The van der Waals surface area contributed by atoms with Crippen LogP contribution in [0.15, 0.2) is 42.5 Å². The third kappa shape index (κ3) is 5.35. The first-order valence-electron chi connectivity index (χ1n) is 9.62. The Hall–Kier alpha value is -2.94. The zero-order valence-corrected chi connectivity index (χ0v) is 18.1. The summed E-state index contributed by atoms with van der Waals surface area (Å²) in [5.41, 5.74) is 1.41. The molecular formula is C21H26N2O6S. The first-order chi connectivity index (χ1) is 14.3. The van der Waals surface area contributed by atoms with E-state index in [0.29, 0.717) is 36.1 Å². The molecule has 0 saturated heterocycles. The number of carbonyl (C=O) groups is 1. The Morgan fingerprint density at radius 1 is 1.17 bits per heavy atom. The number of nitrogens with zero attached hydrogens (tertiary/aromatic N) is 1. The van der Waals surface area contributed by atoms with Gasteiger partial charge in [0.15, 0.2) is 11.5 Å². The molecule has 2 aromatic rings. The minimum Gasteiger partial charge on any atom is -0.492 e. The molecule has 0 unspecified atom stereocenters. The van der Waals surface area contributed by atoms with Crippen molar-refractivity contribution in [3.05, 3.63) is 48.0 Å². The lowest BCUT2D eigenvalue weighted by atomic mass is 10.2. The van der Waals surface area contributed by atoms with Gasteiger partial charge in [0.2, 0.25) is 15.9 Å². The smallest absolute Gasteiger partial charge is 0.243 e. The number of nitrogens with one attached hydrogen (secondary N) is 1. The van der Waals surface area contributed by atoms with Crippen molar-refractivity contribution in [2.45, 2.75) is 19.9 Å². The summed E-state index contributed by atoms with van der Waals surface area (Å²) in [5.74, 6) is 1.28. The molecule has 9 heteroatoms. The molecule has 1 atom stereocenters. The topological polar surface area (TPSA) is 94.2 Å². The molecule has 1 amide bonds. The van der Waals surface area contributed by atoms with Crippen molar-refractivity contribution in [3.63, 3.8) is 0 Å². The van der Waals surface area contributed by atoms with Gasteiger partial charge in [0.1, 0.15) is 31.6 Å². The Bertz CT molecular complexity index is 1010. The molecule has 8 nitrogen and oxygen atoms in total. The standard InChI is InChI=1S/C21H26N2O6S/c1-15-5-4-6-18(13-15)27-10-9-22-21(24)16(2)23(30(3,25)26)17-7-8-19-20(14-17)29-12-11-28-19/h4-8,13-14,16H,9-12H2,1-3H3,(H,22,24)/t16-/m1/s1. The van der Waals surface area contributed by atoms with Crippen LogP contribution in [-0.4, -0.2) is 53.0 Å². The predicted molar refractivity (Wildman–Crippen MR) is 114 cm³/mol. The van der Waals surface area contributed by atoms with Crippen LogP contribution in [-0.2, 0) is 14.8 Å². The molecule has 0 aliphatic carbocycles. The van der Waals surface area contributed by atoms with E-state index in [1.54, 1.807) is 18.2 Å². The van der Waals surface area contributed by atoms with E-state index >= 15 is 0 Å². The molecule has 1 N–H and O–H groups in total. The van der Waals surface area contributed by atoms with E-state index in [-0.39, 0.29) is 13.2 Å². The molecule has 1 heterocycles. The van der Waals surface area contributed by atoms with Gasteiger partial charge in [0.05, 0.1) is 18.5 Å². The third-order valence-corrected chi connectivity index (χ3v) is 5.77. The number of aryl methyl sites for hydroxylation is 1. The fraction of sp³-hybridized carbons (Fsp3) is 0.381. The molecule has 3 rings (SSSR count). The average Bonchev–Trinajstić information content (AvgIpc) is 2.70. The Labute approximate surface area is 176 Å². The lowest BCUT2D eigenvalue weighted by molar-refractivity contribution is -0.121. The Morgan fingerprint density at radius 3 is 2.60 bits per heavy atom. The number of hydrogen-bond donors (Lipinski definition) is 1. The van der Waals surface area contributed by atoms with Gasteiger partial charge in [0.25, 0.3) is 0 Å². The van der Waals surface area contributed by atoms with Crippen molar-refractivity contribution in [2.75, 3.05) is 36.9 Å². The van der Waals surface area contributed by atoms with Crippen LogP contribution in [0.3, 0.4) is 0 Å². The molecule has 1 aliphatic heterocycles. The average molecular weight is 435 g/mol. The largest absolute Gasteiger partial charge is 0.492 e. The zero-order chi connectivity index (χ0) is 21.7. The number of amides is 1. The van der Waals surface area contributed by atoms with Gasteiger partial charge in [0, 0.05) is 6.07 Å². The van der Waals surface area contributed by atoms with Crippen LogP contribution in [0.4, 0.5) is 5.69 Å². The number of hydrogen-bond acceptors (Lipinski definition) is 6. The maximum absolute atomic E-state index is 12.6. The number of benzene rings is 2. The van der Waals surface area contributed by atoms with Crippen molar-refractivity contribution < 1.29 is 27.4 Å². The van der Waals surface area contributed by atoms with Crippen molar-refractivity contribution in [2.24, 2.45) is 0 Å². The van der Waals surface area contributed by atoms with Crippen LogP contribution in [0.25, 0.3) is 0 Å². The van der Waals surface area contributed by atoms with Gasteiger partial charge < -0.3 is 19.5 Å². The Morgan fingerprint density at radius 2 is 1.90 bits per heavy atom. The molecule has 0 spiro atoms. The SMILES string of the molecule is Cc1cccc(OCCNC(=O)[C@@H](C)N(c2ccc3c(c2)OCCO3)S(C)(=O)=O)c1. The first kappa shape index (κ1) is 21.8. The molecular weight excluding hydrogens is 408 g/mol. The number of fused-ring (bicyclic) bond motifs is 1. The third-order valence-electron chi connectivity index (χ3n) is 4.53. The highest BCUT2D eigenvalue weighted by Crippen LogP contribution is 2.35. The van der Waals surface area contributed by atoms with E-state index in [1.165, 1.54) is 6.92 Å². The molecule has 0 saturated carbocycles. The van der Waals surface area contributed by atoms with Crippen LogP contribution < -0.4 is 23.8 Å². The zero-order valence-electron chi connectivity index (χ0n) is 17.3. The minimum atomic E-state index is -3.72. The summed E-state index contributed by atoms with van der Waals surface area (Å²) in [6.07, 6.45) is 1.06. The number of carbonyl (C=O) groups excluding carboxylic acids is 1. The van der Waals surface area contributed by atoms with E-state index < -0.39 is 22.0 Å². The highest BCUT2D eigenvalue weighted by Gasteiger charge is 2.30. The molecule has 162 valence electrons. The quantitative estimate of drug-likeness (QED) is 0.640. The Balaban J connectivity index is 1.65. The summed E-state index contributed by atoms with van der Waals surface area (Å²) in [6, 6.07) is 11.4. The molecule has 2 aromatic carbocycles. The van der Waals surface area contributed by atoms with Crippen molar-refractivity contribution in [3.8, 4) is 17.2 Å². The van der Waals surface area contributed by atoms with Gasteiger partial charge in [-0.05, 0) is 43.7 Å². The number of ether oxygens (including phenoxy) is 3. The van der Waals surface area contributed by atoms with Gasteiger partial charge in [-0.2, -0.15) is 0 Å². The van der Waals surface area contributed by atoms with E-state index in [0.717, 1.165) is 16.1 Å². The van der Waals surface area contributed by atoms with E-state index in [1.807, 2.05) is 31.2 Å². The van der Waals surface area contributed by atoms with Crippen LogP contribution >= 0.6 is 0 Å². The lowest BCUT2D eigenvalue weighted by Crippen LogP contribution is -2.48. The van der Waals surface area contributed by atoms with E-state index in [9.17, 15) is 13.2 Å². The van der Waals surface area contributed by atoms with Gasteiger partial charge in [-0.1, -0.05) is 12.1 Å². The van der Waals surface area contributed by atoms with Crippen molar-refractivity contribution in [1.82, 2.24) is 5.32 Å². The highest BCUT2D eigenvalue weighted by molar-refractivity contribution is 7.92. The molecule has 0 aromatic heterocycles. The fourth-order valence-corrected chi connectivity index (χ4v) is 4.34. The van der Waals surface area contributed by atoms with E-state index in [4.69, 9.17) is 14.2 Å². The van der Waals surface area contributed by atoms with Crippen LogP contribution in [0.5, 0.6) is 17.2 Å². The summed E-state index contributed by atoms with van der Waals surface area (Å²) in [7, 11) is -3.72. The first-order valence-corrected chi connectivity index (χ1v) is 11.5. The maximum atomic E-state index is 12.6. The summed E-state index contributed by atoms with van der Waals surface area (Å²) >= 11 is 0. The normalized spacial score (nSPS) is 14.0. The summed E-state index contributed by atoms with van der Waals surface area (Å²) in [6.45, 7) is 4.83. The highest BCUT2D eigenvalue weighted by atomic mass is 32.2. The number of sulfonamides is 1.